The zero-order valence-electron chi connectivity index (χ0n) is 19.5. The molecule has 4 rings (SSSR count). The summed E-state index contributed by atoms with van der Waals surface area (Å²) in [5.41, 5.74) is 2.38. The van der Waals surface area contributed by atoms with Crippen LogP contribution in [0.2, 0.25) is 0 Å². The van der Waals surface area contributed by atoms with Gasteiger partial charge < -0.3 is 14.7 Å². The van der Waals surface area contributed by atoms with Gasteiger partial charge in [0.1, 0.15) is 11.5 Å². The number of fused-ring (bicyclic) bond motifs is 1. The van der Waals surface area contributed by atoms with Crippen LogP contribution in [0.1, 0.15) is 55.8 Å². The van der Waals surface area contributed by atoms with E-state index >= 15 is 0 Å². The maximum atomic E-state index is 13.2. The Morgan fingerprint density at radius 3 is 2.48 bits per heavy atom. The Balaban J connectivity index is 1.96. The van der Waals surface area contributed by atoms with Crippen molar-refractivity contribution >= 4 is 28.2 Å². The van der Waals surface area contributed by atoms with Crippen molar-refractivity contribution in [3.63, 3.8) is 0 Å². The molecule has 0 aromatic heterocycles. The van der Waals surface area contributed by atoms with Gasteiger partial charge in [0.15, 0.2) is 0 Å². The van der Waals surface area contributed by atoms with Crippen LogP contribution in [0.25, 0.3) is 16.5 Å². The summed E-state index contributed by atoms with van der Waals surface area (Å²) < 4.78 is 5.47. The first kappa shape index (κ1) is 22.6. The molecule has 1 saturated heterocycles. The molecule has 5 nitrogen and oxygen atoms in total. The monoisotopic (exact) mass is 443 g/mol. The van der Waals surface area contributed by atoms with Crippen LogP contribution in [0.4, 0.5) is 0 Å². The molecule has 170 valence electrons. The third kappa shape index (κ3) is 3.88. The number of methoxy groups -OCH3 is 1. The second kappa shape index (κ2) is 9.10. The van der Waals surface area contributed by atoms with Crippen molar-refractivity contribution in [2.24, 2.45) is 0 Å². The van der Waals surface area contributed by atoms with Crippen LogP contribution in [0.5, 0.6) is 5.75 Å². The summed E-state index contributed by atoms with van der Waals surface area (Å²) in [6, 6.07) is 18.5. The van der Waals surface area contributed by atoms with Crippen molar-refractivity contribution in [3.05, 3.63) is 82.9 Å². The molecule has 0 bridgehead atoms. The third-order valence-corrected chi connectivity index (χ3v) is 6.25. The molecule has 0 spiro atoms. The van der Waals surface area contributed by atoms with Gasteiger partial charge in [-0.15, -0.1) is 0 Å². The molecule has 1 N–H and O–H groups in total. The maximum Gasteiger partial charge on any atom is 0.295 e. The number of ether oxygens (including phenoxy) is 1. The highest BCUT2D eigenvalue weighted by Crippen LogP contribution is 2.42. The largest absolute Gasteiger partial charge is 0.507 e. The second-order valence-electron chi connectivity index (χ2n) is 8.67. The zero-order chi connectivity index (χ0) is 23.7. The van der Waals surface area contributed by atoms with Gasteiger partial charge in [-0.25, -0.2) is 0 Å². The lowest BCUT2D eigenvalue weighted by atomic mass is 9.90. The van der Waals surface area contributed by atoms with Crippen LogP contribution in [0, 0.1) is 0 Å². The number of benzene rings is 3. The normalized spacial score (nSPS) is 17.8. The molecule has 1 unspecified atom stereocenters. The standard InChI is InChI=1S/C28H29NO4/c1-5-15-29-25(21-12-8-10-18-9-6-7-11-20(18)21)24(27(31)28(29)32)26(30)19-13-14-23(33-4)22(16-19)17(2)3/h6-14,16-17,25,30H,5,15H2,1-4H3/b26-24+. The van der Waals surface area contributed by atoms with E-state index in [1.54, 1.807) is 24.1 Å². The van der Waals surface area contributed by atoms with Crippen LogP contribution in [0.3, 0.4) is 0 Å². The average molecular weight is 444 g/mol. The average Bonchev–Trinajstić information content (AvgIpc) is 3.07. The Bertz CT molecular complexity index is 1250. The Hall–Kier alpha value is -3.60. The number of nitrogens with zero attached hydrogens (tertiary/aromatic N) is 1. The van der Waals surface area contributed by atoms with Crippen LogP contribution < -0.4 is 4.74 Å². The molecule has 1 aliphatic rings. The Labute approximate surface area is 194 Å². The van der Waals surface area contributed by atoms with Gasteiger partial charge in [-0.05, 0) is 52.4 Å². The first-order chi connectivity index (χ1) is 15.9. The number of carbonyl (C=O) groups is 2. The molecule has 0 aliphatic carbocycles. The lowest BCUT2D eigenvalue weighted by Crippen LogP contribution is -2.30. The van der Waals surface area contributed by atoms with Gasteiger partial charge in [0.25, 0.3) is 11.7 Å². The molecule has 1 amide bonds. The molecule has 1 aliphatic heterocycles. The fourth-order valence-corrected chi connectivity index (χ4v) is 4.65. The highest BCUT2D eigenvalue weighted by molar-refractivity contribution is 6.46. The highest BCUT2D eigenvalue weighted by atomic mass is 16.5. The number of carbonyl (C=O) groups excluding carboxylic acids is 2. The molecule has 1 fully saturated rings. The number of hydrogen-bond donors (Lipinski definition) is 1. The fraction of sp³-hybridized carbons (Fsp3) is 0.286. The van der Waals surface area contributed by atoms with E-state index < -0.39 is 17.7 Å². The molecular weight excluding hydrogens is 414 g/mol. The summed E-state index contributed by atoms with van der Waals surface area (Å²) >= 11 is 0. The number of aliphatic hydroxyl groups excluding tert-OH is 1. The molecule has 33 heavy (non-hydrogen) atoms. The van der Waals surface area contributed by atoms with E-state index in [1.807, 2.05) is 69.3 Å². The van der Waals surface area contributed by atoms with Crippen LogP contribution in [-0.4, -0.2) is 35.4 Å². The number of amides is 1. The van der Waals surface area contributed by atoms with Crippen LogP contribution in [-0.2, 0) is 9.59 Å². The Morgan fingerprint density at radius 1 is 1.06 bits per heavy atom. The van der Waals surface area contributed by atoms with E-state index in [4.69, 9.17) is 4.74 Å². The molecule has 3 aromatic rings. The molecule has 3 aromatic carbocycles. The van der Waals surface area contributed by atoms with E-state index in [2.05, 4.69) is 0 Å². The molecule has 5 heteroatoms. The van der Waals surface area contributed by atoms with Crippen LogP contribution >= 0.6 is 0 Å². The van der Waals surface area contributed by atoms with E-state index in [0.29, 0.717) is 18.5 Å². The summed E-state index contributed by atoms with van der Waals surface area (Å²) in [4.78, 5) is 27.9. The van der Waals surface area contributed by atoms with Crippen molar-refractivity contribution in [2.45, 2.75) is 39.2 Å². The smallest absolute Gasteiger partial charge is 0.295 e. The first-order valence-electron chi connectivity index (χ1n) is 11.3. The SMILES string of the molecule is CCCN1C(=O)C(=O)/C(=C(/O)c2ccc(OC)c(C(C)C)c2)C1c1cccc2ccccc12. The van der Waals surface area contributed by atoms with Crippen molar-refractivity contribution < 1.29 is 19.4 Å². The molecule has 0 saturated carbocycles. The second-order valence-corrected chi connectivity index (χ2v) is 8.67. The van der Waals surface area contributed by atoms with Gasteiger partial charge in [0.2, 0.25) is 0 Å². The Morgan fingerprint density at radius 2 is 1.79 bits per heavy atom. The molecular formula is C28H29NO4. The third-order valence-electron chi connectivity index (χ3n) is 6.25. The van der Waals surface area contributed by atoms with Gasteiger partial charge >= 0.3 is 0 Å². The maximum absolute atomic E-state index is 13.2. The number of likely N-dealkylation sites (tertiary alicyclic amines) is 1. The predicted octanol–water partition coefficient (Wildman–Crippen LogP) is 5.80. The first-order valence-corrected chi connectivity index (χ1v) is 11.3. The number of Topliss-reactive ketones (excluding diaryl/α,β-unsaturated/α-hetero) is 1. The number of rotatable bonds is 6. The molecule has 0 radical (unpaired) electrons. The van der Waals surface area contributed by atoms with Crippen molar-refractivity contribution in [3.8, 4) is 5.75 Å². The van der Waals surface area contributed by atoms with Gasteiger partial charge in [0, 0.05) is 12.1 Å². The quantitative estimate of drug-likeness (QED) is 0.297. The highest BCUT2D eigenvalue weighted by Gasteiger charge is 2.46. The summed E-state index contributed by atoms with van der Waals surface area (Å²) in [7, 11) is 1.61. The van der Waals surface area contributed by atoms with E-state index in [-0.39, 0.29) is 17.3 Å². The van der Waals surface area contributed by atoms with E-state index in [1.165, 1.54) is 0 Å². The fourth-order valence-electron chi connectivity index (χ4n) is 4.65. The molecule has 1 atom stereocenters. The Kier molecular flexibility index (Phi) is 6.23. The summed E-state index contributed by atoms with van der Waals surface area (Å²) in [5.74, 6) is -0.508. The lowest BCUT2D eigenvalue weighted by Gasteiger charge is -2.26. The molecule has 1 heterocycles. The van der Waals surface area contributed by atoms with Crippen molar-refractivity contribution in [1.82, 2.24) is 4.90 Å². The minimum absolute atomic E-state index is 0.129. The summed E-state index contributed by atoms with van der Waals surface area (Å²) in [6.07, 6.45) is 0.703. The van der Waals surface area contributed by atoms with Crippen LogP contribution in [0.15, 0.2) is 66.2 Å². The van der Waals surface area contributed by atoms with Gasteiger partial charge in [-0.3, -0.25) is 9.59 Å². The summed E-state index contributed by atoms with van der Waals surface area (Å²) in [6.45, 7) is 6.48. The van der Waals surface area contributed by atoms with Gasteiger partial charge in [-0.1, -0.05) is 63.2 Å². The number of hydrogen-bond acceptors (Lipinski definition) is 4. The predicted molar refractivity (Wildman–Crippen MR) is 130 cm³/mol. The number of ketones is 1. The zero-order valence-corrected chi connectivity index (χ0v) is 19.5. The van der Waals surface area contributed by atoms with E-state index in [9.17, 15) is 14.7 Å². The van der Waals surface area contributed by atoms with Crippen molar-refractivity contribution in [2.75, 3.05) is 13.7 Å². The number of aliphatic hydroxyl groups is 1. The summed E-state index contributed by atoms with van der Waals surface area (Å²) in [5, 5.41) is 13.4. The van der Waals surface area contributed by atoms with Gasteiger partial charge in [0.05, 0.1) is 18.7 Å². The van der Waals surface area contributed by atoms with E-state index in [0.717, 1.165) is 27.6 Å². The lowest BCUT2D eigenvalue weighted by molar-refractivity contribution is -0.139. The van der Waals surface area contributed by atoms with Crippen molar-refractivity contribution in [1.29, 1.82) is 0 Å². The van der Waals surface area contributed by atoms with Gasteiger partial charge in [-0.2, -0.15) is 0 Å². The topological polar surface area (TPSA) is 66.8 Å². The minimum Gasteiger partial charge on any atom is -0.507 e. The minimum atomic E-state index is -0.652.